The summed E-state index contributed by atoms with van der Waals surface area (Å²) in [5.74, 6) is -0.107. The van der Waals surface area contributed by atoms with Crippen molar-refractivity contribution in [1.82, 2.24) is 10.2 Å². The van der Waals surface area contributed by atoms with Crippen LogP contribution in [0.25, 0.3) is 0 Å². The minimum atomic E-state index is -0.719. The highest BCUT2D eigenvalue weighted by molar-refractivity contribution is 5.90. The molecule has 0 unspecified atom stereocenters. The van der Waals surface area contributed by atoms with Crippen molar-refractivity contribution < 1.29 is 9.59 Å². The van der Waals surface area contributed by atoms with Gasteiger partial charge in [0.1, 0.15) is 0 Å². The van der Waals surface area contributed by atoms with Crippen molar-refractivity contribution in [3.05, 3.63) is 0 Å². The van der Waals surface area contributed by atoms with Gasteiger partial charge in [-0.25, -0.2) is 0 Å². The molecule has 1 aliphatic heterocycles. The molecule has 1 aliphatic carbocycles. The fourth-order valence-electron chi connectivity index (χ4n) is 2.69. The van der Waals surface area contributed by atoms with Crippen LogP contribution >= 0.6 is 0 Å². The zero-order valence-corrected chi connectivity index (χ0v) is 10.2. The van der Waals surface area contributed by atoms with Crippen molar-refractivity contribution in [3.63, 3.8) is 0 Å². The molecule has 0 atom stereocenters. The monoisotopic (exact) mass is 239 g/mol. The van der Waals surface area contributed by atoms with E-state index in [-0.39, 0.29) is 18.4 Å². The Hall–Kier alpha value is -1.10. The summed E-state index contributed by atoms with van der Waals surface area (Å²) < 4.78 is 0. The molecule has 1 saturated carbocycles. The molecule has 2 rings (SSSR count). The van der Waals surface area contributed by atoms with Gasteiger partial charge in [0.25, 0.3) is 0 Å². The van der Waals surface area contributed by atoms with E-state index in [1.165, 1.54) is 0 Å². The molecule has 17 heavy (non-hydrogen) atoms. The van der Waals surface area contributed by atoms with Gasteiger partial charge in [-0.2, -0.15) is 0 Å². The second-order valence-electron chi connectivity index (χ2n) is 5.15. The van der Waals surface area contributed by atoms with Gasteiger partial charge in [0.2, 0.25) is 11.8 Å². The maximum absolute atomic E-state index is 12.4. The van der Waals surface area contributed by atoms with Crippen molar-refractivity contribution in [3.8, 4) is 0 Å². The number of carbonyl (C=O) groups is 2. The topological polar surface area (TPSA) is 75.4 Å². The van der Waals surface area contributed by atoms with Gasteiger partial charge in [-0.3, -0.25) is 9.59 Å². The van der Waals surface area contributed by atoms with Gasteiger partial charge in [0, 0.05) is 13.1 Å². The third-order valence-electron chi connectivity index (χ3n) is 3.72. The van der Waals surface area contributed by atoms with Gasteiger partial charge >= 0.3 is 0 Å². The van der Waals surface area contributed by atoms with Crippen LogP contribution in [-0.4, -0.2) is 41.9 Å². The molecule has 3 N–H and O–H groups in total. The lowest BCUT2D eigenvalue weighted by atomic mass is 9.81. The highest BCUT2D eigenvalue weighted by Crippen LogP contribution is 2.27. The minimum Gasteiger partial charge on any atom is -0.354 e. The fourth-order valence-corrected chi connectivity index (χ4v) is 2.69. The molecule has 0 radical (unpaired) electrons. The van der Waals surface area contributed by atoms with Gasteiger partial charge in [-0.05, 0) is 19.3 Å². The maximum atomic E-state index is 12.4. The van der Waals surface area contributed by atoms with E-state index < -0.39 is 5.54 Å². The molecule has 0 aromatic carbocycles. The number of nitrogens with one attached hydrogen (secondary N) is 1. The molecule has 5 heteroatoms. The Bertz CT molecular complexity index is 311. The van der Waals surface area contributed by atoms with Crippen LogP contribution in [0.15, 0.2) is 0 Å². The third-order valence-corrected chi connectivity index (χ3v) is 3.72. The highest BCUT2D eigenvalue weighted by Gasteiger charge is 2.39. The molecule has 0 bridgehead atoms. The van der Waals surface area contributed by atoms with Crippen LogP contribution in [-0.2, 0) is 9.59 Å². The molecule has 96 valence electrons. The molecule has 2 fully saturated rings. The standard InChI is InChI=1S/C12H21N3O2/c13-12(5-2-1-3-6-12)11(17)15-8-4-7-14-10(16)9-15/h1-9,13H2,(H,14,16). The van der Waals surface area contributed by atoms with Crippen molar-refractivity contribution in [2.24, 2.45) is 5.73 Å². The van der Waals surface area contributed by atoms with Crippen LogP contribution in [0, 0.1) is 0 Å². The normalized spacial score (nSPS) is 25.0. The second kappa shape index (κ2) is 5.04. The summed E-state index contributed by atoms with van der Waals surface area (Å²) in [5, 5.41) is 2.77. The van der Waals surface area contributed by atoms with Gasteiger partial charge < -0.3 is 16.0 Å². The number of amides is 2. The van der Waals surface area contributed by atoms with Crippen LogP contribution in [0.4, 0.5) is 0 Å². The Morgan fingerprint density at radius 3 is 2.65 bits per heavy atom. The minimum absolute atomic E-state index is 0.0331. The van der Waals surface area contributed by atoms with E-state index >= 15 is 0 Å². The number of hydrogen-bond donors (Lipinski definition) is 2. The quantitative estimate of drug-likeness (QED) is 0.676. The summed E-state index contributed by atoms with van der Waals surface area (Å²) in [5.41, 5.74) is 5.49. The fraction of sp³-hybridized carbons (Fsp3) is 0.833. The summed E-state index contributed by atoms with van der Waals surface area (Å²) >= 11 is 0. The van der Waals surface area contributed by atoms with Crippen LogP contribution in [0.2, 0.25) is 0 Å². The van der Waals surface area contributed by atoms with Gasteiger partial charge in [-0.1, -0.05) is 19.3 Å². The molecular weight excluding hydrogens is 218 g/mol. The lowest BCUT2D eigenvalue weighted by Crippen LogP contribution is -2.57. The van der Waals surface area contributed by atoms with E-state index in [1.54, 1.807) is 4.90 Å². The van der Waals surface area contributed by atoms with E-state index in [4.69, 9.17) is 5.73 Å². The third kappa shape index (κ3) is 2.77. The summed E-state index contributed by atoms with van der Waals surface area (Å²) in [6.07, 6.45) is 5.51. The first-order valence-corrected chi connectivity index (χ1v) is 6.47. The van der Waals surface area contributed by atoms with Crippen LogP contribution in [0.5, 0.6) is 0 Å². The Morgan fingerprint density at radius 1 is 1.24 bits per heavy atom. The second-order valence-corrected chi connectivity index (χ2v) is 5.15. The first-order valence-electron chi connectivity index (χ1n) is 6.47. The van der Waals surface area contributed by atoms with Crippen molar-refractivity contribution >= 4 is 11.8 Å². The molecule has 2 amide bonds. The molecule has 0 spiro atoms. The highest BCUT2D eigenvalue weighted by atomic mass is 16.2. The molecule has 0 aromatic heterocycles. The lowest BCUT2D eigenvalue weighted by Gasteiger charge is -2.36. The van der Waals surface area contributed by atoms with E-state index in [0.29, 0.717) is 13.1 Å². The molecular formula is C12H21N3O2. The smallest absolute Gasteiger partial charge is 0.243 e. The molecule has 1 heterocycles. The number of hydrogen-bond acceptors (Lipinski definition) is 3. The number of nitrogens with two attached hydrogens (primary N) is 1. The number of carbonyl (C=O) groups excluding carboxylic acids is 2. The summed E-state index contributed by atoms with van der Waals surface area (Å²) in [4.78, 5) is 25.5. The largest absolute Gasteiger partial charge is 0.354 e. The first kappa shape index (κ1) is 12.4. The molecule has 2 aliphatic rings. The maximum Gasteiger partial charge on any atom is 0.243 e. The van der Waals surface area contributed by atoms with Crippen LogP contribution in [0.3, 0.4) is 0 Å². The van der Waals surface area contributed by atoms with E-state index in [0.717, 1.165) is 38.5 Å². The van der Waals surface area contributed by atoms with Gasteiger partial charge in [0.05, 0.1) is 12.1 Å². The Kier molecular flexibility index (Phi) is 3.66. The Morgan fingerprint density at radius 2 is 1.94 bits per heavy atom. The molecule has 0 aromatic rings. The first-order chi connectivity index (χ1) is 8.12. The van der Waals surface area contributed by atoms with Gasteiger partial charge in [0.15, 0.2) is 0 Å². The molecule has 1 saturated heterocycles. The van der Waals surface area contributed by atoms with Crippen LogP contribution in [0.1, 0.15) is 38.5 Å². The van der Waals surface area contributed by atoms with Crippen molar-refractivity contribution in [2.75, 3.05) is 19.6 Å². The number of nitrogens with zero attached hydrogens (tertiary/aromatic N) is 1. The summed E-state index contributed by atoms with van der Waals surface area (Å²) in [7, 11) is 0. The molecule has 5 nitrogen and oxygen atoms in total. The predicted octanol–water partition coefficient (Wildman–Crippen LogP) is -0.00350. The van der Waals surface area contributed by atoms with Crippen LogP contribution < -0.4 is 11.1 Å². The predicted molar refractivity (Wildman–Crippen MR) is 64.2 cm³/mol. The van der Waals surface area contributed by atoms with Crippen molar-refractivity contribution in [2.45, 2.75) is 44.1 Å². The van der Waals surface area contributed by atoms with Crippen molar-refractivity contribution in [1.29, 1.82) is 0 Å². The lowest BCUT2D eigenvalue weighted by molar-refractivity contribution is -0.141. The Balaban J connectivity index is 2.04. The zero-order chi connectivity index (χ0) is 12.3. The average Bonchev–Trinajstić information content (AvgIpc) is 2.54. The van der Waals surface area contributed by atoms with Gasteiger partial charge in [-0.15, -0.1) is 0 Å². The average molecular weight is 239 g/mol. The Labute approximate surface area is 102 Å². The summed E-state index contributed by atoms with van der Waals surface area (Å²) in [6, 6.07) is 0. The SMILES string of the molecule is NC1(C(=O)N2CCCNC(=O)C2)CCCCC1. The van der Waals surface area contributed by atoms with E-state index in [1.807, 2.05) is 0 Å². The van der Waals surface area contributed by atoms with E-state index in [2.05, 4.69) is 5.32 Å². The van der Waals surface area contributed by atoms with E-state index in [9.17, 15) is 9.59 Å². The summed E-state index contributed by atoms with van der Waals surface area (Å²) in [6.45, 7) is 1.45. The zero-order valence-electron chi connectivity index (χ0n) is 10.2. The number of rotatable bonds is 1.